The summed E-state index contributed by atoms with van der Waals surface area (Å²) in [7, 11) is 0. The van der Waals surface area contributed by atoms with E-state index in [1.165, 1.54) is 0 Å². The first-order valence-corrected chi connectivity index (χ1v) is 7.41. The molecule has 1 atom stereocenters. The van der Waals surface area contributed by atoms with Crippen molar-refractivity contribution in [1.82, 2.24) is 4.90 Å². The second-order valence-electron chi connectivity index (χ2n) is 5.25. The molecule has 0 aliphatic heterocycles. The first-order chi connectivity index (χ1) is 9.52. The molecule has 0 amide bonds. The summed E-state index contributed by atoms with van der Waals surface area (Å²) >= 11 is 0. The predicted octanol–water partition coefficient (Wildman–Crippen LogP) is 2.39. The van der Waals surface area contributed by atoms with Crippen LogP contribution in [-0.4, -0.2) is 41.8 Å². The van der Waals surface area contributed by atoms with E-state index in [-0.39, 0.29) is 11.3 Å². The third-order valence-electron chi connectivity index (χ3n) is 3.92. The van der Waals surface area contributed by atoms with Crippen molar-refractivity contribution in [2.45, 2.75) is 39.7 Å². The van der Waals surface area contributed by atoms with Crippen molar-refractivity contribution in [3.63, 3.8) is 0 Å². The lowest BCUT2D eigenvalue weighted by Crippen LogP contribution is -2.53. The van der Waals surface area contributed by atoms with Crippen LogP contribution in [0.3, 0.4) is 0 Å². The average Bonchev–Trinajstić information content (AvgIpc) is 2.45. The molecule has 0 aliphatic carbocycles. The molecule has 1 rings (SSSR count). The smallest absolute Gasteiger partial charge is 0.161 e. The van der Waals surface area contributed by atoms with Crippen molar-refractivity contribution in [3.8, 4) is 11.5 Å². The zero-order valence-corrected chi connectivity index (χ0v) is 13.1. The summed E-state index contributed by atoms with van der Waals surface area (Å²) in [6, 6.07) is 5.65. The summed E-state index contributed by atoms with van der Waals surface area (Å²) in [5.74, 6) is 0.782. The highest BCUT2D eigenvalue weighted by Crippen LogP contribution is 2.33. The van der Waals surface area contributed by atoms with E-state index in [4.69, 9.17) is 10.5 Å². The first-order valence-electron chi connectivity index (χ1n) is 7.41. The molecule has 1 unspecified atom stereocenters. The van der Waals surface area contributed by atoms with Crippen LogP contribution in [-0.2, 0) is 6.42 Å². The summed E-state index contributed by atoms with van der Waals surface area (Å²) in [5.41, 5.74) is 6.72. The van der Waals surface area contributed by atoms with E-state index in [1.54, 1.807) is 6.07 Å². The normalized spacial score (nSPS) is 14.3. The molecule has 1 aromatic rings. The van der Waals surface area contributed by atoms with Crippen molar-refractivity contribution in [2.24, 2.45) is 5.73 Å². The highest BCUT2D eigenvalue weighted by Gasteiger charge is 2.30. The number of hydrogen-bond donors (Lipinski definition) is 2. The van der Waals surface area contributed by atoms with Gasteiger partial charge in [-0.3, -0.25) is 4.90 Å². The van der Waals surface area contributed by atoms with E-state index in [1.807, 2.05) is 19.1 Å². The monoisotopic (exact) mass is 280 g/mol. The number of likely N-dealkylation sites (N-methyl/N-ethyl adjacent to an activating group) is 1. The maximum Gasteiger partial charge on any atom is 0.161 e. The van der Waals surface area contributed by atoms with Gasteiger partial charge in [0.25, 0.3) is 0 Å². The van der Waals surface area contributed by atoms with Crippen LogP contribution >= 0.6 is 0 Å². The SMILES string of the molecule is CCOc1cccc(CC(C)(CN)N(CC)CC)c1O. The Kier molecular flexibility index (Phi) is 6.30. The minimum atomic E-state index is -0.161. The second-order valence-corrected chi connectivity index (χ2v) is 5.25. The lowest BCUT2D eigenvalue weighted by Gasteiger charge is -2.40. The highest BCUT2D eigenvalue weighted by molar-refractivity contribution is 5.46. The number of phenols is 1. The van der Waals surface area contributed by atoms with Gasteiger partial charge in [-0.2, -0.15) is 0 Å². The number of aromatic hydroxyl groups is 1. The third-order valence-corrected chi connectivity index (χ3v) is 3.92. The van der Waals surface area contributed by atoms with E-state index in [0.29, 0.717) is 25.3 Å². The maximum atomic E-state index is 10.3. The Morgan fingerprint density at radius 1 is 1.25 bits per heavy atom. The molecule has 3 N–H and O–H groups in total. The van der Waals surface area contributed by atoms with Gasteiger partial charge in [0.1, 0.15) is 0 Å². The fraction of sp³-hybridized carbons (Fsp3) is 0.625. The molecule has 0 saturated heterocycles. The van der Waals surface area contributed by atoms with Crippen LogP contribution in [0.4, 0.5) is 0 Å². The van der Waals surface area contributed by atoms with Crippen molar-refractivity contribution in [2.75, 3.05) is 26.2 Å². The quantitative estimate of drug-likeness (QED) is 0.767. The maximum absolute atomic E-state index is 10.3. The van der Waals surface area contributed by atoms with Crippen LogP contribution in [0.2, 0.25) is 0 Å². The standard InChI is InChI=1S/C16H28N2O2/c1-5-18(6-2)16(4,12-17)11-13-9-8-10-14(15(13)19)20-7-3/h8-10,19H,5-7,11-12,17H2,1-4H3. The van der Waals surface area contributed by atoms with Crippen LogP contribution in [0.1, 0.15) is 33.3 Å². The fourth-order valence-electron chi connectivity index (χ4n) is 2.69. The number of hydrogen-bond acceptors (Lipinski definition) is 4. The minimum absolute atomic E-state index is 0.161. The Morgan fingerprint density at radius 2 is 1.90 bits per heavy atom. The van der Waals surface area contributed by atoms with Crippen LogP contribution in [0.5, 0.6) is 11.5 Å². The molecule has 20 heavy (non-hydrogen) atoms. The first kappa shape index (κ1) is 16.8. The van der Waals surface area contributed by atoms with E-state index in [9.17, 15) is 5.11 Å². The largest absolute Gasteiger partial charge is 0.504 e. The van der Waals surface area contributed by atoms with Gasteiger partial charge in [0.2, 0.25) is 0 Å². The lowest BCUT2D eigenvalue weighted by atomic mass is 9.90. The Morgan fingerprint density at radius 3 is 2.40 bits per heavy atom. The topological polar surface area (TPSA) is 58.7 Å². The highest BCUT2D eigenvalue weighted by atomic mass is 16.5. The van der Waals surface area contributed by atoms with Crippen LogP contribution in [0, 0.1) is 0 Å². The van der Waals surface area contributed by atoms with Gasteiger partial charge in [-0.15, -0.1) is 0 Å². The van der Waals surface area contributed by atoms with Crippen molar-refractivity contribution in [3.05, 3.63) is 23.8 Å². The predicted molar refractivity (Wildman–Crippen MR) is 83.4 cm³/mol. The van der Waals surface area contributed by atoms with Crippen molar-refractivity contribution in [1.29, 1.82) is 0 Å². The lowest BCUT2D eigenvalue weighted by molar-refractivity contribution is 0.123. The summed E-state index contributed by atoms with van der Waals surface area (Å²) in [6.45, 7) is 11.3. The van der Waals surface area contributed by atoms with Gasteiger partial charge in [-0.05, 0) is 45.0 Å². The molecule has 0 heterocycles. The third kappa shape index (κ3) is 3.64. The molecule has 0 radical (unpaired) electrons. The number of phenolic OH excluding ortho intramolecular Hbond substituents is 1. The van der Waals surface area contributed by atoms with E-state index < -0.39 is 0 Å². The summed E-state index contributed by atoms with van der Waals surface area (Å²) in [4.78, 5) is 2.33. The molecule has 0 aromatic heterocycles. The number of nitrogens with two attached hydrogens (primary N) is 1. The molecule has 0 saturated carbocycles. The van der Waals surface area contributed by atoms with E-state index >= 15 is 0 Å². The molecular weight excluding hydrogens is 252 g/mol. The molecule has 114 valence electrons. The number of rotatable bonds is 8. The Hall–Kier alpha value is -1.26. The Labute approximate surface area is 122 Å². The number of para-hydroxylation sites is 1. The van der Waals surface area contributed by atoms with Gasteiger partial charge in [0, 0.05) is 12.1 Å². The summed E-state index contributed by atoms with van der Waals surface area (Å²) in [6.07, 6.45) is 0.706. The minimum Gasteiger partial charge on any atom is -0.504 e. The molecule has 0 spiro atoms. The van der Waals surface area contributed by atoms with Gasteiger partial charge in [0.15, 0.2) is 11.5 Å². The average molecular weight is 280 g/mol. The summed E-state index contributed by atoms with van der Waals surface area (Å²) in [5, 5.41) is 10.3. The molecule has 1 aromatic carbocycles. The Bertz CT molecular complexity index is 419. The van der Waals surface area contributed by atoms with Gasteiger partial charge >= 0.3 is 0 Å². The zero-order chi connectivity index (χ0) is 15.2. The second kappa shape index (κ2) is 7.50. The Balaban J connectivity index is 3.03. The van der Waals surface area contributed by atoms with Crippen molar-refractivity contribution >= 4 is 0 Å². The molecule has 0 aliphatic rings. The molecule has 0 fully saturated rings. The molecule has 4 nitrogen and oxygen atoms in total. The van der Waals surface area contributed by atoms with Gasteiger partial charge < -0.3 is 15.6 Å². The van der Waals surface area contributed by atoms with Crippen LogP contribution in [0.15, 0.2) is 18.2 Å². The van der Waals surface area contributed by atoms with Gasteiger partial charge in [0.05, 0.1) is 6.61 Å². The molecule has 4 heteroatoms. The van der Waals surface area contributed by atoms with Gasteiger partial charge in [-0.25, -0.2) is 0 Å². The fourth-order valence-corrected chi connectivity index (χ4v) is 2.69. The van der Waals surface area contributed by atoms with E-state index in [2.05, 4.69) is 25.7 Å². The number of benzene rings is 1. The summed E-state index contributed by atoms with van der Waals surface area (Å²) < 4.78 is 5.44. The van der Waals surface area contributed by atoms with Crippen LogP contribution < -0.4 is 10.5 Å². The zero-order valence-electron chi connectivity index (χ0n) is 13.1. The van der Waals surface area contributed by atoms with Gasteiger partial charge in [-0.1, -0.05) is 26.0 Å². The number of nitrogens with zero attached hydrogens (tertiary/aromatic N) is 1. The van der Waals surface area contributed by atoms with Crippen LogP contribution in [0.25, 0.3) is 0 Å². The molecule has 0 bridgehead atoms. The van der Waals surface area contributed by atoms with E-state index in [0.717, 1.165) is 18.7 Å². The molecular formula is C16H28N2O2. The van der Waals surface area contributed by atoms with Crippen molar-refractivity contribution < 1.29 is 9.84 Å². The number of ether oxygens (including phenoxy) is 1.